The number of rotatable bonds is 23. The molecule has 4 rings (SSSR count). The van der Waals surface area contributed by atoms with Crippen LogP contribution in [-0.2, 0) is 50.7 Å². The average Bonchev–Trinajstić information content (AvgIpc) is 3.77. The van der Waals surface area contributed by atoms with E-state index in [1.165, 1.54) is 19.9 Å². The van der Waals surface area contributed by atoms with Gasteiger partial charge in [0.2, 0.25) is 22.7 Å². The van der Waals surface area contributed by atoms with Crippen molar-refractivity contribution in [3.63, 3.8) is 0 Å². The summed E-state index contributed by atoms with van der Waals surface area (Å²) >= 11 is 0.742. The lowest BCUT2D eigenvalue weighted by atomic mass is 9.87. The van der Waals surface area contributed by atoms with Crippen molar-refractivity contribution in [1.29, 1.82) is 0 Å². The molecule has 0 aliphatic carbocycles. The van der Waals surface area contributed by atoms with Crippen molar-refractivity contribution in [3.05, 3.63) is 36.4 Å². The number of benzene rings is 1. The molecule has 0 spiro atoms. The van der Waals surface area contributed by atoms with Gasteiger partial charge in [-0.1, -0.05) is 31.7 Å². The van der Waals surface area contributed by atoms with Crippen LogP contribution in [0.3, 0.4) is 0 Å². The third-order valence-corrected chi connectivity index (χ3v) is 12.4. The van der Waals surface area contributed by atoms with Gasteiger partial charge in [-0.3, -0.25) is 32.5 Å². The fourth-order valence-corrected chi connectivity index (χ4v) is 8.75. The second-order valence-corrected chi connectivity index (χ2v) is 19.0. The van der Waals surface area contributed by atoms with Crippen LogP contribution in [0.1, 0.15) is 40.3 Å². The summed E-state index contributed by atoms with van der Waals surface area (Å²) in [5.41, 5.74) is 4.15. The molecule has 1 saturated heterocycles. The minimum absolute atomic E-state index is 0.00239. The zero-order valence-electron chi connectivity index (χ0n) is 38.6. The topological polar surface area (TPSA) is 402 Å². The monoisotopic (exact) mass is 979 g/mol. The number of carbonyl (C=O) groups is 3. The molecule has 2 unspecified atom stereocenters. The van der Waals surface area contributed by atoms with Crippen molar-refractivity contribution < 1.29 is 103 Å². The highest BCUT2D eigenvalue weighted by atomic mass is 32.2. The Balaban J connectivity index is 1.20. The van der Waals surface area contributed by atoms with Crippen LogP contribution < -0.4 is 25.8 Å². The number of fused-ring (bicyclic) bond motifs is 1. The smallest absolute Gasteiger partial charge is 0.481 e. The van der Waals surface area contributed by atoms with Gasteiger partial charge in [-0.2, -0.15) is 4.31 Å². The Bertz CT molecular complexity index is 2480. The van der Waals surface area contributed by atoms with Crippen molar-refractivity contribution in [2.24, 2.45) is 5.41 Å². The molecule has 31 heteroatoms. The van der Waals surface area contributed by atoms with Crippen LogP contribution >= 0.6 is 35.2 Å². The summed E-state index contributed by atoms with van der Waals surface area (Å²) in [6.45, 7) is -0.1000. The van der Waals surface area contributed by atoms with Crippen molar-refractivity contribution in [2.45, 2.75) is 50.9 Å². The van der Waals surface area contributed by atoms with Gasteiger partial charge in [-0.05, 0) is 23.8 Å². The molecule has 27 nitrogen and oxygen atoms in total. The van der Waals surface area contributed by atoms with Crippen LogP contribution in [0.4, 0.5) is 5.82 Å². The van der Waals surface area contributed by atoms with E-state index in [9.17, 15) is 63.0 Å². The number of nitrogens with two attached hydrogens (primary N) is 1. The molecule has 11 N–H and O–H groups in total. The number of phenolic OH excluding ortho intramolecular Hbond substituents is 1. The first kappa shape index (κ1) is 42.8. The Labute approximate surface area is 370 Å². The number of hydrogen-bond donors (Lipinski definition) is 10. The van der Waals surface area contributed by atoms with Crippen molar-refractivity contribution in [3.8, 4) is 17.2 Å². The molecule has 63 heavy (non-hydrogen) atoms. The summed E-state index contributed by atoms with van der Waals surface area (Å²) in [5, 5.41) is 36.0. The molecular formula is C32H46N7O20P3S. The second kappa shape index (κ2) is 21.7. The van der Waals surface area contributed by atoms with Crippen LogP contribution in [0.5, 0.6) is 17.2 Å². The number of aromatic nitrogens is 4. The number of methoxy groups -OCH3 is 2. The molecule has 0 saturated carbocycles. The van der Waals surface area contributed by atoms with Gasteiger partial charge in [-0.15, -0.1) is 0 Å². The highest BCUT2D eigenvalue weighted by Gasteiger charge is 2.50. The number of phosphoric acid groups is 3. The molecule has 3 aromatic rings. The fourth-order valence-electron chi connectivity index (χ4n) is 5.35. The summed E-state index contributed by atoms with van der Waals surface area (Å²) in [4.78, 5) is 88.5. The summed E-state index contributed by atoms with van der Waals surface area (Å²) in [7, 11) is -22.6. The molecule has 1 aromatic carbocycles. The van der Waals surface area contributed by atoms with Crippen LogP contribution in [0.15, 0.2) is 30.9 Å². The molecule has 350 valence electrons. The van der Waals surface area contributed by atoms with E-state index in [-0.39, 0.29) is 47.8 Å². The quantitative estimate of drug-likeness (QED) is 0.0342. The SMILES string of the molecule is [2H]C([2H])([2H])Oc1cc(/C=C/C(=O)SCCNC(=O)CCNC(=O)[C@H](O)C(C)(C)COP(=O)(O)OP(=O)(O)OC[C@H]2O[C@@H](n3cnc4c(N)ncnc43)[C@H](O)[C@@H]2OP(=O)(O)O)cc(OC([2H])([2H])[2H])c1O. The number of nitrogen functional groups attached to an aromatic ring is 1. The molecular weight excluding hydrogens is 927 g/mol. The minimum atomic E-state index is -5.63. The number of ether oxygens (including phenoxy) is 3. The Morgan fingerprint density at radius 1 is 1.05 bits per heavy atom. The summed E-state index contributed by atoms with van der Waals surface area (Å²) in [5.74, 6) is -3.85. The third kappa shape index (κ3) is 14.7. The van der Waals surface area contributed by atoms with Gasteiger partial charge in [0.05, 0.1) is 41.8 Å². The van der Waals surface area contributed by atoms with Crippen LogP contribution in [0.25, 0.3) is 17.2 Å². The minimum Gasteiger partial charge on any atom is -0.502 e. The van der Waals surface area contributed by atoms with Gasteiger partial charge in [-0.25, -0.2) is 28.6 Å². The van der Waals surface area contributed by atoms with Crippen LogP contribution in [0, 0.1) is 5.41 Å². The molecule has 0 radical (unpaired) electrons. The van der Waals surface area contributed by atoms with E-state index >= 15 is 0 Å². The number of phenols is 1. The standard InChI is InChI=1S/C32H46N7O20P3S/c1-32(2,27(44)30(45)35-8-7-21(40)34-9-10-63-22(41)6-5-17-11-18(53-3)24(42)19(12-17)54-4)14-56-62(51,52)59-61(49,50)55-13-20-26(58-60(46,47)48)25(43)31(57-20)39-16-38-23-28(33)36-15-37-29(23)39/h5-6,11-12,15-16,20,25-27,31,42-44H,7-10,13-14H2,1-4H3,(H,34,40)(H,35,45)(H,49,50)(H,51,52)(H2,33,36,37)(H2,46,47,48)/b6-5+/t20-,25-,26-,27+,31-/m1/s1/i3D3,4D3. The number of amides is 2. The van der Waals surface area contributed by atoms with E-state index < -0.39 is 121 Å². The van der Waals surface area contributed by atoms with Crippen molar-refractivity contribution in [2.75, 3.05) is 51.9 Å². The zero-order chi connectivity index (χ0) is 51.9. The first-order valence-corrected chi connectivity index (χ1v) is 23.2. The number of thioether (sulfide) groups is 1. The summed E-state index contributed by atoms with van der Waals surface area (Å²) < 4.78 is 115. The van der Waals surface area contributed by atoms with Crippen LogP contribution in [-0.4, -0.2) is 142 Å². The fraction of sp³-hybridized carbons (Fsp3) is 0.500. The highest BCUT2D eigenvalue weighted by Crippen LogP contribution is 2.61. The molecule has 1 aliphatic heterocycles. The summed E-state index contributed by atoms with van der Waals surface area (Å²) in [6, 6.07) is 2.06. The number of nitrogens with zero attached hydrogens (tertiary/aromatic N) is 4. The Kier molecular flexibility index (Phi) is 14.8. The number of aromatic hydroxyl groups is 1. The van der Waals surface area contributed by atoms with E-state index in [0.717, 1.165) is 47.2 Å². The number of phosphoric ester groups is 3. The Morgan fingerprint density at radius 2 is 1.71 bits per heavy atom. The first-order valence-electron chi connectivity index (χ1n) is 20.6. The van der Waals surface area contributed by atoms with Gasteiger partial charge in [0, 0.05) is 30.7 Å². The van der Waals surface area contributed by atoms with E-state index in [4.69, 9.17) is 37.2 Å². The van der Waals surface area contributed by atoms with Gasteiger partial charge in [0.25, 0.3) is 0 Å². The van der Waals surface area contributed by atoms with Crippen molar-refractivity contribution in [1.82, 2.24) is 30.2 Å². The Hall–Kier alpha value is -4.08. The third-order valence-electron chi connectivity index (χ3n) is 8.44. The number of imidazole rings is 1. The van der Waals surface area contributed by atoms with Crippen LogP contribution in [0.2, 0.25) is 0 Å². The lowest BCUT2D eigenvalue weighted by Gasteiger charge is -2.30. The number of aliphatic hydroxyl groups excluding tert-OH is 2. The maximum atomic E-state index is 12.7. The van der Waals surface area contributed by atoms with Gasteiger partial charge >= 0.3 is 23.5 Å². The maximum Gasteiger partial charge on any atom is 0.481 e. The number of anilines is 1. The zero-order valence-corrected chi connectivity index (χ0v) is 36.1. The molecule has 1 aliphatic rings. The largest absolute Gasteiger partial charge is 0.502 e. The molecule has 2 aromatic heterocycles. The second-order valence-electron chi connectivity index (χ2n) is 13.6. The maximum absolute atomic E-state index is 12.7. The van der Waals surface area contributed by atoms with E-state index in [2.05, 4.69) is 34.4 Å². The van der Waals surface area contributed by atoms with E-state index in [0.29, 0.717) is 0 Å². The molecule has 1 fully saturated rings. The predicted octanol–water partition coefficient (Wildman–Crippen LogP) is 0.101. The number of aliphatic hydroxyl groups is 2. The van der Waals surface area contributed by atoms with E-state index in [1.54, 1.807) is 0 Å². The molecule has 7 atom stereocenters. The molecule has 2 amide bonds. The summed E-state index contributed by atoms with van der Waals surface area (Å²) in [6.07, 6.45) is -5.15. The van der Waals surface area contributed by atoms with E-state index in [1.807, 2.05) is 0 Å². The lowest BCUT2D eigenvalue weighted by molar-refractivity contribution is -0.137. The average molecular weight is 980 g/mol. The lowest BCUT2D eigenvalue weighted by Crippen LogP contribution is -2.46. The first-order chi connectivity index (χ1) is 31.7. The number of nitrogens with one attached hydrogen (secondary N) is 2. The normalized spacial score (nSPS) is 22.3. The number of carbonyl (C=O) groups excluding carboxylic acids is 3. The molecule has 3 heterocycles. The molecule has 0 bridgehead atoms. The highest BCUT2D eigenvalue weighted by molar-refractivity contribution is 8.14. The number of hydrogen-bond acceptors (Lipinski definition) is 21. The Morgan fingerprint density at radius 3 is 2.37 bits per heavy atom. The predicted molar refractivity (Wildman–Crippen MR) is 217 cm³/mol. The van der Waals surface area contributed by atoms with Crippen molar-refractivity contribution >= 4 is 75.2 Å². The van der Waals surface area contributed by atoms with Gasteiger partial charge < -0.3 is 65.5 Å². The van der Waals surface area contributed by atoms with Gasteiger partial charge in [0.1, 0.15) is 36.3 Å². The van der Waals surface area contributed by atoms with Gasteiger partial charge in [0.15, 0.2) is 29.2 Å².